The van der Waals surface area contributed by atoms with Gasteiger partial charge in [0.2, 0.25) is 0 Å². The number of aryl methyl sites for hydroxylation is 1. The molecule has 0 amide bonds. The number of phenolic OH excluding ortho intramolecular Hbond substituents is 1. The zero-order valence-corrected chi connectivity index (χ0v) is 14.6. The van der Waals surface area contributed by atoms with Crippen molar-refractivity contribution in [2.75, 3.05) is 13.7 Å². The molecule has 0 spiro atoms. The number of phenols is 1. The van der Waals surface area contributed by atoms with Crippen LogP contribution >= 0.6 is 0 Å². The summed E-state index contributed by atoms with van der Waals surface area (Å²) in [6.07, 6.45) is 2.42. The van der Waals surface area contributed by atoms with Gasteiger partial charge >= 0.3 is 5.97 Å². The Kier molecular flexibility index (Phi) is 6.06. The highest BCUT2D eigenvalue weighted by molar-refractivity contribution is 6.20. The second-order valence-electron chi connectivity index (χ2n) is 5.62. The molecule has 0 saturated carbocycles. The van der Waals surface area contributed by atoms with Crippen molar-refractivity contribution in [3.8, 4) is 17.2 Å². The maximum Gasteiger partial charge on any atom is 0.336 e. The average molecular weight is 342 g/mol. The third kappa shape index (κ3) is 4.53. The van der Waals surface area contributed by atoms with Crippen molar-refractivity contribution < 1.29 is 24.5 Å². The molecular formula is C20H22O5. The van der Waals surface area contributed by atoms with Crippen LogP contribution in [0.4, 0.5) is 0 Å². The fraction of sp³-hybridized carbons (Fsp3) is 0.250. The number of hydrogen-bond acceptors (Lipinski definition) is 4. The smallest absolute Gasteiger partial charge is 0.336 e. The van der Waals surface area contributed by atoms with E-state index in [1.165, 1.54) is 19.3 Å². The van der Waals surface area contributed by atoms with Crippen LogP contribution in [0.3, 0.4) is 0 Å². The summed E-state index contributed by atoms with van der Waals surface area (Å²) in [7, 11) is 1.46. The van der Waals surface area contributed by atoms with Gasteiger partial charge < -0.3 is 19.7 Å². The van der Waals surface area contributed by atoms with Crippen molar-refractivity contribution >= 4 is 17.6 Å². The Hall–Kier alpha value is -2.95. The van der Waals surface area contributed by atoms with E-state index in [1.807, 2.05) is 13.8 Å². The molecular weight excluding hydrogens is 320 g/mol. The molecule has 0 aromatic heterocycles. The largest absolute Gasteiger partial charge is 0.504 e. The second-order valence-corrected chi connectivity index (χ2v) is 5.62. The molecule has 5 heteroatoms. The summed E-state index contributed by atoms with van der Waals surface area (Å²) in [6, 6.07) is 10.0. The highest BCUT2D eigenvalue weighted by Crippen LogP contribution is 2.29. The van der Waals surface area contributed by atoms with Crippen molar-refractivity contribution in [3.63, 3.8) is 0 Å². The Labute approximate surface area is 147 Å². The van der Waals surface area contributed by atoms with Gasteiger partial charge in [0.25, 0.3) is 0 Å². The molecule has 0 heterocycles. The molecule has 0 aliphatic rings. The van der Waals surface area contributed by atoms with Crippen LogP contribution in [-0.2, 0) is 4.79 Å². The first-order chi connectivity index (χ1) is 12.0. The standard InChI is InChI=1S/C20H22O5/c1-4-9-25-18-8-6-15(10-13(18)2)16(20(22)23)11-14-5-7-19(24-3)17(21)12-14/h5-8,10-12,21H,4,9H2,1-3H3,(H,22,23)/b16-11-. The molecule has 2 N–H and O–H groups in total. The predicted molar refractivity (Wildman–Crippen MR) is 97.1 cm³/mol. The van der Waals surface area contributed by atoms with Gasteiger partial charge in [0.1, 0.15) is 5.75 Å². The summed E-state index contributed by atoms with van der Waals surface area (Å²) in [4.78, 5) is 11.7. The van der Waals surface area contributed by atoms with Gasteiger partial charge in [-0.25, -0.2) is 4.79 Å². The number of hydrogen-bond donors (Lipinski definition) is 2. The maximum absolute atomic E-state index is 11.7. The number of methoxy groups -OCH3 is 1. The zero-order chi connectivity index (χ0) is 18.4. The number of ether oxygens (including phenoxy) is 2. The van der Waals surface area contributed by atoms with Crippen molar-refractivity contribution in [2.24, 2.45) is 0 Å². The van der Waals surface area contributed by atoms with E-state index in [0.29, 0.717) is 23.5 Å². The summed E-state index contributed by atoms with van der Waals surface area (Å²) in [5.41, 5.74) is 2.15. The quantitative estimate of drug-likeness (QED) is 0.585. The Bertz CT molecular complexity index is 793. The lowest BCUT2D eigenvalue weighted by atomic mass is 10.0. The van der Waals surface area contributed by atoms with E-state index in [4.69, 9.17) is 9.47 Å². The monoisotopic (exact) mass is 342 g/mol. The number of carboxylic acid groups (broad SMARTS) is 1. The topological polar surface area (TPSA) is 76.0 Å². The number of rotatable bonds is 7. The van der Waals surface area contributed by atoms with Gasteiger partial charge in [-0.3, -0.25) is 0 Å². The molecule has 0 unspecified atom stereocenters. The molecule has 0 atom stereocenters. The highest BCUT2D eigenvalue weighted by Gasteiger charge is 2.13. The lowest BCUT2D eigenvalue weighted by molar-refractivity contribution is -0.130. The highest BCUT2D eigenvalue weighted by atomic mass is 16.5. The number of aliphatic carboxylic acids is 1. The van der Waals surface area contributed by atoms with Crippen LogP contribution in [0, 0.1) is 6.92 Å². The summed E-state index contributed by atoms with van der Waals surface area (Å²) >= 11 is 0. The average Bonchev–Trinajstić information content (AvgIpc) is 2.58. The lowest BCUT2D eigenvalue weighted by Gasteiger charge is -2.11. The van der Waals surface area contributed by atoms with Crippen molar-refractivity contribution in [3.05, 3.63) is 53.1 Å². The molecule has 25 heavy (non-hydrogen) atoms. The van der Waals surface area contributed by atoms with Gasteiger partial charge in [0.15, 0.2) is 11.5 Å². The normalized spacial score (nSPS) is 11.2. The van der Waals surface area contributed by atoms with Gasteiger partial charge in [-0.05, 0) is 60.4 Å². The molecule has 0 aliphatic heterocycles. The fourth-order valence-corrected chi connectivity index (χ4v) is 2.42. The number of aromatic hydroxyl groups is 1. The van der Waals surface area contributed by atoms with Gasteiger partial charge in [0, 0.05) is 0 Å². The van der Waals surface area contributed by atoms with E-state index in [0.717, 1.165) is 17.7 Å². The molecule has 2 aromatic rings. The van der Waals surface area contributed by atoms with Gasteiger partial charge in [0.05, 0.1) is 19.3 Å². The fourth-order valence-electron chi connectivity index (χ4n) is 2.42. The summed E-state index contributed by atoms with van der Waals surface area (Å²) < 4.78 is 10.6. The maximum atomic E-state index is 11.7. The van der Waals surface area contributed by atoms with Crippen LogP contribution in [0.25, 0.3) is 11.6 Å². The lowest BCUT2D eigenvalue weighted by Crippen LogP contribution is -2.02. The van der Waals surface area contributed by atoms with Crippen LogP contribution in [0.15, 0.2) is 36.4 Å². The molecule has 132 valence electrons. The van der Waals surface area contributed by atoms with Crippen LogP contribution in [0.2, 0.25) is 0 Å². The van der Waals surface area contributed by atoms with E-state index in [9.17, 15) is 15.0 Å². The summed E-state index contributed by atoms with van der Waals surface area (Å²) in [6.45, 7) is 4.53. The van der Waals surface area contributed by atoms with Crippen molar-refractivity contribution in [1.82, 2.24) is 0 Å². The summed E-state index contributed by atoms with van der Waals surface area (Å²) in [5, 5.41) is 19.4. The molecule has 5 nitrogen and oxygen atoms in total. The molecule has 0 bridgehead atoms. The van der Waals surface area contributed by atoms with Crippen LogP contribution < -0.4 is 9.47 Å². The van der Waals surface area contributed by atoms with Crippen molar-refractivity contribution in [2.45, 2.75) is 20.3 Å². The Morgan fingerprint density at radius 2 is 1.88 bits per heavy atom. The van der Waals surface area contributed by atoms with E-state index >= 15 is 0 Å². The molecule has 0 saturated heterocycles. The Morgan fingerprint density at radius 3 is 2.44 bits per heavy atom. The minimum atomic E-state index is -1.04. The first-order valence-electron chi connectivity index (χ1n) is 8.02. The number of carboxylic acids is 1. The van der Waals surface area contributed by atoms with E-state index in [2.05, 4.69) is 0 Å². The second kappa shape index (κ2) is 8.24. The van der Waals surface area contributed by atoms with Gasteiger partial charge in [-0.1, -0.05) is 19.1 Å². The molecule has 2 aromatic carbocycles. The third-order valence-electron chi connectivity index (χ3n) is 3.69. The number of carbonyl (C=O) groups is 1. The predicted octanol–water partition coefficient (Wildman–Crippen LogP) is 4.12. The minimum absolute atomic E-state index is 0.0412. The van der Waals surface area contributed by atoms with E-state index in [-0.39, 0.29) is 11.3 Å². The molecule has 0 radical (unpaired) electrons. The zero-order valence-electron chi connectivity index (χ0n) is 14.6. The van der Waals surface area contributed by atoms with E-state index in [1.54, 1.807) is 30.3 Å². The van der Waals surface area contributed by atoms with Crippen LogP contribution in [0.5, 0.6) is 17.2 Å². The first-order valence-corrected chi connectivity index (χ1v) is 8.02. The van der Waals surface area contributed by atoms with E-state index < -0.39 is 5.97 Å². The van der Waals surface area contributed by atoms with Crippen LogP contribution in [0.1, 0.15) is 30.0 Å². The van der Waals surface area contributed by atoms with Crippen LogP contribution in [-0.4, -0.2) is 29.9 Å². The molecule has 2 rings (SSSR count). The molecule has 0 aliphatic carbocycles. The SMILES string of the molecule is CCCOc1ccc(/C(=C/c2ccc(OC)c(O)c2)C(=O)O)cc1C. The Morgan fingerprint density at radius 1 is 1.16 bits per heavy atom. The third-order valence-corrected chi connectivity index (χ3v) is 3.69. The van der Waals surface area contributed by atoms with Gasteiger partial charge in [-0.2, -0.15) is 0 Å². The first kappa shape index (κ1) is 18.4. The van der Waals surface area contributed by atoms with Crippen molar-refractivity contribution in [1.29, 1.82) is 0 Å². The minimum Gasteiger partial charge on any atom is -0.504 e. The summed E-state index contributed by atoms with van der Waals surface area (Å²) in [5.74, 6) is -0.00265. The van der Waals surface area contributed by atoms with Gasteiger partial charge in [-0.15, -0.1) is 0 Å². The number of benzene rings is 2. The Balaban J connectivity index is 2.39. The molecule has 0 fully saturated rings.